The Hall–Kier alpha value is -3.77. The Balaban J connectivity index is 0.000000683. The molecular formula is C41H61NO9. The number of carboxylic acid groups (broad SMARTS) is 1. The number of nitrogens with two attached hydrogens (primary N) is 1. The smallest absolute Gasteiger partial charge is 0.303 e. The van der Waals surface area contributed by atoms with Crippen molar-refractivity contribution in [2.75, 3.05) is 26.4 Å². The summed E-state index contributed by atoms with van der Waals surface area (Å²) in [6.45, 7) is 13.0. The van der Waals surface area contributed by atoms with Gasteiger partial charge in [-0.2, -0.15) is 0 Å². The van der Waals surface area contributed by atoms with Gasteiger partial charge < -0.3 is 24.4 Å². The van der Waals surface area contributed by atoms with Gasteiger partial charge in [0.05, 0.1) is 13.2 Å². The van der Waals surface area contributed by atoms with E-state index in [9.17, 15) is 14.4 Å². The topological polar surface area (TPSA) is 155 Å². The van der Waals surface area contributed by atoms with Crippen LogP contribution in [0.1, 0.15) is 77.5 Å². The van der Waals surface area contributed by atoms with Crippen molar-refractivity contribution in [3.63, 3.8) is 0 Å². The van der Waals surface area contributed by atoms with Crippen LogP contribution in [0.25, 0.3) is 0 Å². The first-order valence-electron chi connectivity index (χ1n) is 17.5. The standard InChI is InChI=1S/C16H24O3.C10H12O2.C9H10O2.C6H15NO2/c1-13(2)11-18-14(3)19-12-16(17)10-9-15-7-5-4-6-8-15;11-8-10(12)7-6-9-4-2-1-3-5-9;10-9(11)7-6-8-4-2-1-3-5-8;1-5(2)4-8-6(3)9-7/h4-8,13-14H,9-12H2,1-3H3;1-5,11H,6-8H2;1-5H,6-7H2,(H,10,11);5-6H,4,7H2,1-3H3. The van der Waals surface area contributed by atoms with E-state index in [-0.39, 0.29) is 43.8 Å². The van der Waals surface area contributed by atoms with Gasteiger partial charge in [0.1, 0.15) is 13.2 Å². The van der Waals surface area contributed by atoms with Gasteiger partial charge in [0, 0.05) is 19.3 Å². The molecule has 0 aliphatic heterocycles. The Morgan fingerprint density at radius 1 is 0.569 bits per heavy atom. The summed E-state index contributed by atoms with van der Waals surface area (Å²) in [7, 11) is 0. The third kappa shape index (κ3) is 30.8. The third-order valence-electron chi connectivity index (χ3n) is 6.72. The highest BCUT2D eigenvalue weighted by Crippen LogP contribution is 2.05. The number of aliphatic carboxylic acids is 1. The van der Waals surface area contributed by atoms with Crippen LogP contribution in [-0.2, 0) is 52.7 Å². The summed E-state index contributed by atoms with van der Waals surface area (Å²) in [6, 6.07) is 29.4. The zero-order valence-corrected chi connectivity index (χ0v) is 31.4. The number of hydrogen-bond acceptors (Lipinski definition) is 9. The third-order valence-corrected chi connectivity index (χ3v) is 6.72. The second-order valence-corrected chi connectivity index (χ2v) is 12.6. The Labute approximate surface area is 305 Å². The molecule has 51 heavy (non-hydrogen) atoms. The first-order valence-corrected chi connectivity index (χ1v) is 17.5. The fourth-order valence-corrected chi connectivity index (χ4v) is 3.86. The Bertz CT molecular complexity index is 1270. The molecule has 3 rings (SSSR count). The molecule has 0 aliphatic carbocycles. The molecule has 0 aromatic heterocycles. The minimum atomic E-state index is -0.742. The lowest BCUT2D eigenvalue weighted by Crippen LogP contribution is -2.20. The van der Waals surface area contributed by atoms with Crippen LogP contribution in [0.3, 0.4) is 0 Å². The minimum Gasteiger partial charge on any atom is -0.481 e. The molecule has 3 aromatic carbocycles. The lowest BCUT2D eigenvalue weighted by atomic mass is 10.1. The average molecular weight is 712 g/mol. The molecule has 0 amide bonds. The second kappa shape index (κ2) is 31.0. The van der Waals surface area contributed by atoms with E-state index >= 15 is 0 Å². The summed E-state index contributed by atoms with van der Waals surface area (Å²) in [5.41, 5.74) is 3.40. The van der Waals surface area contributed by atoms with Crippen molar-refractivity contribution in [2.24, 2.45) is 17.7 Å². The highest BCUT2D eigenvalue weighted by molar-refractivity contribution is 5.80. The monoisotopic (exact) mass is 711 g/mol. The summed E-state index contributed by atoms with van der Waals surface area (Å²) < 4.78 is 15.9. The van der Waals surface area contributed by atoms with Crippen LogP contribution in [0.4, 0.5) is 0 Å². The molecule has 0 fully saturated rings. The van der Waals surface area contributed by atoms with E-state index in [1.165, 1.54) is 5.56 Å². The summed E-state index contributed by atoms with van der Waals surface area (Å²) in [5.74, 6) is 5.11. The number of Topliss-reactive ketones (excluding diaryl/α,β-unsaturated/α-hetero) is 2. The maximum Gasteiger partial charge on any atom is 0.303 e. The van der Waals surface area contributed by atoms with E-state index in [1.807, 2.05) is 97.9 Å². The highest BCUT2D eigenvalue weighted by atomic mass is 16.7. The normalized spacial score (nSPS) is 11.6. The SMILES string of the molecule is CC(C)COC(C)OCC(=O)CCc1ccccc1.CC(C)COC(C)ON.O=C(CO)CCc1ccccc1.O=C(O)CCc1ccccc1. The molecule has 4 N–H and O–H groups in total. The summed E-state index contributed by atoms with van der Waals surface area (Å²) in [6.07, 6.45) is 2.67. The predicted molar refractivity (Wildman–Crippen MR) is 201 cm³/mol. The van der Waals surface area contributed by atoms with Crippen molar-refractivity contribution in [3.05, 3.63) is 108 Å². The molecule has 2 atom stereocenters. The zero-order valence-electron chi connectivity index (χ0n) is 31.4. The van der Waals surface area contributed by atoms with E-state index in [2.05, 4.69) is 32.5 Å². The zero-order chi connectivity index (χ0) is 38.3. The first kappa shape index (κ1) is 47.2. The lowest BCUT2D eigenvalue weighted by molar-refractivity contribution is -0.152. The number of carbonyl (C=O) groups excluding carboxylic acids is 2. The average Bonchev–Trinajstić information content (AvgIpc) is 3.14. The number of hydrogen-bond donors (Lipinski definition) is 3. The predicted octanol–water partition coefficient (Wildman–Crippen LogP) is 7.00. The van der Waals surface area contributed by atoms with E-state index in [4.69, 9.17) is 30.3 Å². The fourth-order valence-electron chi connectivity index (χ4n) is 3.86. The lowest BCUT2D eigenvalue weighted by Gasteiger charge is -2.15. The number of carbonyl (C=O) groups is 3. The number of aryl methyl sites for hydroxylation is 3. The van der Waals surface area contributed by atoms with Gasteiger partial charge in [-0.3, -0.25) is 19.2 Å². The molecule has 2 unspecified atom stereocenters. The van der Waals surface area contributed by atoms with E-state index in [1.54, 1.807) is 6.92 Å². The first-order chi connectivity index (χ1) is 24.4. The van der Waals surface area contributed by atoms with Crippen LogP contribution in [0.5, 0.6) is 0 Å². The van der Waals surface area contributed by atoms with Crippen molar-refractivity contribution in [3.8, 4) is 0 Å². The number of rotatable bonds is 20. The van der Waals surface area contributed by atoms with Crippen LogP contribution in [0.15, 0.2) is 91.0 Å². The van der Waals surface area contributed by atoms with Gasteiger partial charge in [-0.15, -0.1) is 0 Å². The molecule has 0 heterocycles. The van der Waals surface area contributed by atoms with Crippen molar-refractivity contribution < 1.29 is 43.6 Å². The molecule has 0 saturated heterocycles. The van der Waals surface area contributed by atoms with Gasteiger partial charge in [-0.05, 0) is 61.6 Å². The van der Waals surface area contributed by atoms with Crippen molar-refractivity contribution in [1.82, 2.24) is 0 Å². The largest absolute Gasteiger partial charge is 0.481 e. The Morgan fingerprint density at radius 3 is 1.29 bits per heavy atom. The summed E-state index contributed by atoms with van der Waals surface area (Å²) in [5, 5.41) is 16.8. The number of aliphatic hydroxyl groups excluding tert-OH is 1. The molecule has 0 bridgehead atoms. The number of ketones is 2. The molecule has 0 spiro atoms. The van der Waals surface area contributed by atoms with Crippen LogP contribution >= 0.6 is 0 Å². The molecular weight excluding hydrogens is 650 g/mol. The van der Waals surface area contributed by atoms with Gasteiger partial charge in [0.15, 0.2) is 24.1 Å². The quantitative estimate of drug-likeness (QED) is 0.0824. The highest BCUT2D eigenvalue weighted by Gasteiger charge is 2.08. The number of benzene rings is 3. The molecule has 10 heteroatoms. The summed E-state index contributed by atoms with van der Waals surface area (Å²) in [4.78, 5) is 37.0. The van der Waals surface area contributed by atoms with Crippen LogP contribution in [-0.4, -0.2) is 66.8 Å². The maximum absolute atomic E-state index is 11.7. The van der Waals surface area contributed by atoms with Crippen LogP contribution in [0, 0.1) is 11.8 Å². The van der Waals surface area contributed by atoms with Gasteiger partial charge in [0.2, 0.25) is 0 Å². The number of aliphatic hydroxyl groups is 1. The van der Waals surface area contributed by atoms with E-state index < -0.39 is 5.97 Å². The molecule has 0 aliphatic rings. The van der Waals surface area contributed by atoms with Gasteiger partial charge >= 0.3 is 5.97 Å². The number of ether oxygens (including phenoxy) is 3. The Morgan fingerprint density at radius 2 is 0.941 bits per heavy atom. The molecule has 284 valence electrons. The molecule has 0 radical (unpaired) electrons. The Kier molecular flexibility index (Phi) is 28.7. The molecule has 0 saturated carbocycles. The number of carboxylic acids is 1. The van der Waals surface area contributed by atoms with Crippen molar-refractivity contribution >= 4 is 17.5 Å². The molecule has 10 nitrogen and oxygen atoms in total. The maximum atomic E-state index is 11.7. The second-order valence-electron chi connectivity index (χ2n) is 12.6. The van der Waals surface area contributed by atoms with Crippen LogP contribution < -0.4 is 5.90 Å². The van der Waals surface area contributed by atoms with Crippen molar-refractivity contribution in [2.45, 2.75) is 92.6 Å². The van der Waals surface area contributed by atoms with Gasteiger partial charge in [0.25, 0.3) is 0 Å². The fraction of sp³-hybridized carbons (Fsp3) is 0.488. The molecule has 3 aromatic rings. The van der Waals surface area contributed by atoms with Gasteiger partial charge in [-0.1, -0.05) is 119 Å². The van der Waals surface area contributed by atoms with E-state index in [0.717, 1.165) is 24.0 Å². The van der Waals surface area contributed by atoms with Gasteiger partial charge in [-0.25, -0.2) is 5.90 Å². The van der Waals surface area contributed by atoms with Crippen LogP contribution in [0.2, 0.25) is 0 Å². The van der Waals surface area contributed by atoms with Crippen molar-refractivity contribution in [1.29, 1.82) is 0 Å². The summed E-state index contributed by atoms with van der Waals surface area (Å²) >= 11 is 0. The minimum absolute atomic E-state index is 0.0983. The van der Waals surface area contributed by atoms with E-state index in [0.29, 0.717) is 44.3 Å².